The summed E-state index contributed by atoms with van der Waals surface area (Å²) < 4.78 is 7.55. The van der Waals surface area contributed by atoms with E-state index in [0.29, 0.717) is 6.54 Å². The van der Waals surface area contributed by atoms with Crippen LogP contribution in [0, 0.1) is 6.92 Å². The number of rotatable bonds is 2. The van der Waals surface area contributed by atoms with Crippen molar-refractivity contribution in [2.45, 2.75) is 12.3 Å². The van der Waals surface area contributed by atoms with E-state index in [4.69, 9.17) is 10.5 Å². The fourth-order valence-electron chi connectivity index (χ4n) is 2.57. The van der Waals surface area contributed by atoms with E-state index in [1.807, 2.05) is 0 Å². The summed E-state index contributed by atoms with van der Waals surface area (Å²) in [6.45, 7) is 4.29. The maximum atomic E-state index is 5.89. The average Bonchev–Trinajstić information content (AvgIpc) is 2.54. The van der Waals surface area contributed by atoms with Gasteiger partial charge in [0.15, 0.2) is 0 Å². The predicted octanol–water partition coefficient (Wildman–Crippen LogP) is 1.71. The van der Waals surface area contributed by atoms with Crippen LogP contribution in [0.1, 0.15) is 11.3 Å². The molecule has 2 aromatic rings. The first-order valence-corrected chi connectivity index (χ1v) is 6.01. The van der Waals surface area contributed by atoms with E-state index in [0.717, 1.165) is 13.2 Å². The van der Waals surface area contributed by atoms with Crippen molar-refractivity contribution in [3.8, 4) is 0 Å². The molecule has 1 fully saturated rings. The smallest absolute Gasteiger partial charge is 0.0597 e. The summed E-state index contributed by atoms with van der Waals surface area (Å²) in [5, 5.41) is 1.29. The van der Waals surface area contributed by atoms with Crippen molar-refractivity contribution in [2.75, 3.05) is 19.8 Å². The largest absolute Gasteiger partial charge is 0.379 e. The van der Waals surface area contributed by atoms with Crippen molar-refractivity contribution in [2.24, 2.45) is 12.8 Å². The second kappa shape index (κ2) is 3.59. The van der Waals surface area contributed by atoms with Crippen molar-refractivity contribution in [3.05, 3.63) is 35.5 Å². The molecular formula is C14H18N2O. The Kier molecular flexibility index (Phi) is 2.28. The molecule has 0 atom stereocenters. The van der Waals surface area contributed by atoms with Crippen LogP contribution in [-0.2, 0) is 17.2 Å². The maximum absolute atomic E-state index is 5.89. The van der Waals surface area contributed by atoms with Crippen LogP contribution in [0.15, 0.2) is 24.3 Å². The molecule has 17 heavy (non-hydrogen) atoms. The summed E-state index contributed by atoms with van der Waals surface area (Å²) in [5.74, 6) is 0. The number of hydrogen-bond acceptors (Lipinski definition) is 2. The lowest BCUT2D eigenvalue weighted by molar-refractivity contribution is -0.0549. The molecule has 3 nitrogen and oxygen atoms in total. The number of aromatic nitrogens is 1. The molecule has 0 radical (unpaired) electrons. The lowest BCUT2D eigenvalue weighted by atomic mass is 9.78. The molecule has 2 N–H and O–H groups in total. The van der Waals surface area contributed by atoms with E-state index in [1.165, 1.54) is 22.2 Å². The fourth-order valence-corrected chi connectivity index (χ4v) is 2.57. The predicted molar refractivity (Wildman–Crippen MR) is 69.2 cm³/mol. The molecule has 3 rings (SSSR count). The highest BCUT2D eigenvalue weighted by atomic mass is 16.5. The molecule has 1 saturated heterocycles. The monoisotopic (exact) mass is 230 g/mol. The Bertz CT molecular complexity index is 561. The zero-order valence-corrected chi connectivity index (χ0v) is 10.4. The molecule has 0 unspecified atom stereocenters. The van der Waals surface area contributed by atoms with Gasteiger partial charge in [0.2, 0.25) is 0 Å². The minimum atomic E-state index is 0.0535. The molecule has 1 aromatic carbocycles. The minimum absolute atomic E-state index is 0.0535. The molecule has 90 valence electrons. The summed E-state index contributed by atoms with van der Waals surface area (Å²) in [6, 6.07) is 8.87. The summed E-state index contributed by atoms with van der Waals surface area (Å²) in [7, 11) is 2.10. The molecule has 2 heterocycles. The molecular weight excluding hydrogens is 212 g/mol. The van der Waals surface area contributed by atoms with Crippen LogP contribution in [0.5, 0.6) is 0 Å². The first kappa shape index (κ1) is 10.8. The van der Waals surface area contributed by atoms with Gasteiger partial charge in [-0.05, 0) is 30.7 Å². The standard InChI is InChI=1S/C14H18N2O/c1-10-5-11-6-12(3-4-13(11)16(10)2)14(7-15)8-17-9-14/h3-6H,7-9,15H2,1-2H3. The third kappa shape index (κ3) is 1.43. The van der Waals surface area contributed by atoms with Gasteiger partial charge in [0, 0.05) is 30.2 Å². The van der Waals surface area contributed by atoms with E-state index in [9.17, 15) is 0 Å². The Balaban J connectivity index is 2.13. The highest BCUT2D eigenvalue weighted by molar-refractivity contribution is 5.82. The second-order valence-corrected chi connectivity index (χ2v) is 5.10. The molecule has 1 aliphatic heterocycles. The van der Waals surface area contributed by atoms with Crippen LogP contribution in [0.3, 0.4) is 0 Å². The molecule has 0 spiro atoms. The van der Waals surface area contributed by atoms with Crippen molar-refractivity contribution in [3.63, 3.8) is 0 Å². The molecule has 3 heteroatoms. The average molecular weight is 230 g/mol. The van der Waals surface area contributed by atoms with Crippen LogP contribution in [0.4, 0.5) is 0 Å². The zero-order valence-electron chi connectivity index (χ0n) is 10.4. The number of fused-ring (bicyclic) bond motifs is 1. The van der Waals surface area contributed by atoms with E-state index in [1.54, 1.807) is 0 Å². The lowest BCUT2D eigenvalue weighted by Gasteiger charge is -2.41. The third-order valence-corrected chi connectivity index (χ3v) is 4.04. The maximum Gasteiger partial charge on any atom is 0.0597 e. The molecule has 0 bridgehead atoms. The van der Waals surface area contributed by atoms with Crippen LogP contribution < -0.4 is 5.73 Å². The summed E-state index contributed by atoms with van der Waals surface area (Å²) >= 11 is 0. The Morgan fingerprint density at radius 3 is 2.71 bits per heavy atom. The van der Waals surface area contributed by atoms with Crippen LogP contribution in [0.2, 0.25) is 0 Å². The zero-order chi connectivity index (χ0) is 12.0. The number of benzene rings is 1. The van der Waals surface area contributed by atoms with Gasteiger partial charge >= 0.3 is 0 Å². The van der Waals surface area contributed by atoms with Gasteiger partial charge in [0.1, 0.15) is 0 Å². The Morgan fingerprint density at radius 2 is 2.12 bits per heavy atom. The Hall–Kier alpha value is -1.32. The summed E-state index contributed by atoms with van der Waals surface area (Å²) in [4.78, 5) is 0. The van der Waals surface area contributed by atoms with E-state index in [2.05, 4.69) is 42.8 Å². The first-order valence-electron chi connectivity index (χ1n) is 6.01. The van der Waals surface area contributed by atoms with E-state index in [-0.39, 0.29) is 5.41 Å². The summed E-state index contributed by atoms with van der Waals surface area (Å²) in [5.41, 5.74) is 9.82. The first-order chi connectivity index (χ1) is 8.16. The quantitative estimate of drug-likeness (QED) is 0.853. The highest BCUT2D eigenvalue weighted by Crippen LogP contribution is 2.33. The Morgan fingerprint density at radius 1 is 1.35 bits per heavy atom. The number of ether oxygens (including phenoxy) is 1. The SMILES string of the molecule is Cc1cc2cc(C3(CN)COC3)ccc2n1C. The Labute approximate surface area is 101 Å². The molecule has 0 amide bonds. The van der Waals surface area contributed by atoms with E-state index < -0.39 is 0 Å². The third-order valence-electron chi connectivity index (χ3n) is 4.04. The van der Waals surface area contributed by atoms with Crippen molar-refractivity contribution >= 4 is 10.9 Å². The van der Waals surface area contributed by atoms with Crippen molar-refractivity contribution in [1.82, 2.24) is 4.57 Å². The number of hydrogen-bond donors (Lipinski definition) is 1. The van der Waals surface area contributed by atoms with Gasteiger partial charge in [-0.2, -0.15) is 0 Å². The minimum Gasteiger partial charge on any atom is -0.379 e. The van der Waals surface area contributed by atoms with Gasteiger partial charge in [-0.15, -0.1) is 0 Å². The van der Waals surface area contributed by atoms with Crippen LogP contribution in [-0.4, -0.2) is 24.3 Å². The highest BCUT2D eigenvalue weighted by Gasteiger charge is 2.39. The van der Waals surface area contributed by atoms with Gasteiger partial charge in [0.25, 0.3) is 0 Å². The lowest BCUT2D eigenvalue weighted by Crippen LogP contribution is -2.52. The number of aryl methyl sites for hydroxylation is 2. The molecule has 1 aromatic heterocycles. The van der Waals surface area contributed by atoms with Crippen molar-refractivity contribution in [1.29, 1.82) is 0 Å². The van der Waals surface area contributed by atoms with Gasteiger partial charge in [-0.1, -0.05) is 6.07 Å². The van der Waals surface area contributed by atoms with Crippen molar-refractivity contribution < 1.29 is 4.74 Å². The normalized spacial score (nSPS) is 18.3. The summed E-state index contributed by atoms with van der Waals surface area (Å²) in [6.07, 6.45) is 0. The van der Waals surface area contributed by atoms with E-state index >= 15 is 0 Å². The topological polar surface area (TPSA) is 40.2 Å². The molecule has 1 aliphatic rings. The molecule has 0 saturated carbocycles. The van der Waals surface area contributed by atoms with Crippen LogP contribution >= 0.6 is 0 Å². The fraction of sp³-hybridized carbons (Fsp3) is 0.429. The van der Waals surface area contributed by atoms with Crippen LogP contribution in [0.25, 0.3) is 10.9 Å². The number of nitrogens with zero attached hydrogens (tertiary/aromatic N) is 1. The molecule has 0 aliphatic carbocycles. The number of nitrogens with two attached hydrogens (primary N) is 1. The van der Waals surface area contributed by atoms with Gasteiger partial charge in [-0.25, -0.2) is 0 Å². The van der Waals surface area contributed by atoms with Gasteiger partial charge in [-0.3, -0.25) is 0 Å². The van der Waals surface area contributed by atoms with Gasteiger partial charge in [0.05, 0.1) is 18.6 Å². The van der Waals surface area contributed by atoms with Gasteiger partial charge < -0.3 is 15.0 Å². The second-order valence-electron chi connectivity index (χ2n) is 5.10.